The molecule has 2 heterocycles. The summed E-state index contributed by atoms with van der Waals surface area (Å²) < 4.78 is 10.9. The third kappa shape index (κ3) is 2.63. The highest BCUT2D eigenvalue weighted by Gasteiger charge is 2.27. The third-order valence-electron chi connectivity index (χ3n) is 4.55. The standard InChI is InChI=1S/C16H24N2O2/c1-12(18-9-3-2-4-14(18)7-8-17)13-5-6-15-16(10-13)20-11-19-15/h5-6,10,12,14H,2-4,7-9,11,17H2,1H3. The van der Waals surface area contributed by atoms with Gasteiger partial charge in [-0.25, -0.2) is 0 Å². The van der Waals surface area contributed by atoms with E-state index >= 15 is 0 Å². The van der Waals surface area contributed by atoms with Gasteiger partial charge in [-0.05, 0) is 57.0 Å². The van der Waals surface area contributed by atoms with Crippen LogP contribution in [0.5, 0.6) is 11.5 Å². The monoisotopic (exact) mass is 276 g/mol. The molecule has 2 N–H and O–H groups in total. The Kier molecular flexibility index (Phi) is 4.13. The Morgan fingerprint density at radius 3 is 3.00 bits per heavy atom. The highest BCUT2D eigenvalue weighted by atomic mass is 16.7. The van der Waals surface area contributed by atoms with Crippen molar-refractivity contribution in [3.05, 3.63) is 23.8 Å². The topological polar surface area (TPSA) is 47.7 Å². The minimum Gasteiger partial charge on any atom is -0.454 e. The van der Waals surface area contributed by atoms with Gasteiger partial charge >= 0.3 is 0 Å². The summed E-state index contributed by atoms with van der Waals surface area (Å²) in [5.41, 5.74) is 7.07. The van der Waals surface area contributed by atoms with Crippen molar-refractivity contribution in [2.75, 3.05) is 19.9 Å². The van der Waals surface area contributed by atoms with E-state index in [1.54, 1.807) is 0 Å². The predicted octanol–water partition coefficient (Wildman–Crippen LogP) is 2.68. The van der Waals surface area contributed by atoms with E-state index in [9.17, 15) is 0 Å². The van der Waals surface area contributed by atoms with Gasteiger partial charge in [-0.2, -0.15) is 0 Å². The van der Waals surface area contributed by atoms with E-state index < -0.39 is 0 Å². The van der Waals surface area contributed by atoms with E-state index in [0.29, 0.717) is 18.9 Å². The van der Waals surface area contributed by atoms with Crippen LogP contribution >= 0.6 is 0 Å². The molecule has 1 saturated heterocycles. The van der Waals surface area contributed by atoms with Crippen LogP contribution in [-0.2, 0) is 0 Å². The van der Waals surface area contributed by atoms with Gasteiger partial charge in [0.25, 0.3) is 0 Å². The molecule has 2 aliphatic rings. The van der Waals surface area contributed by atoms with Gasteiger partial charge in [0.2, 0.25) is 6.79 Å². The number of hydrogen-bond acceptors (Lipinski definition) is 4. The number of benzene rings is 1. The Labute approximate surface area is 120 Å². The number of piperidine rings is 1. The second-order valence-electron chi connectivity index (χ2n) is 5.75. The van der Waals surface area contributed by atoms with Gasteiger partial charge in [0.1, 0.15) is 0 Å². The van der Waals surface area contributed by atoms with Crippen molar-refractivity contribution in [3.63, 3.8) is 0 Å². The summed E-state index contributed by atoms with van der Waals surface area (Å²) in [6.07, 6.45) is 4.98. The van der Waals surface area contributed by atoms with Crippen LogP contribution < -0.4 is 15.2 Å². The summed E-state index contributed by atoms with van der Waals surface area (Å²) in [5.74, 6) is 1.74. The predicted molar refractivity (Wildman–Crippen MR) is 79.0 cm³/mol. The Hall–Kier alpha value is -1.26. The lowest BCUT2D eigenvalue weighted by Crippen LogP contribution is -2.42. The molecule has 0 bridgehead atoms. The van der Waals surface area contributed by atoms with Crippen molar-refractivity contribution >= 4 is 0 Å². The number of hydrogen-bond donors (Lipinski definition) is 1. The molecule has 2 atom stereocenters. The fourth-order valence-corrected chi connectivity index (χ4v) is 3.40. The molecule has 4 heteroatoms. The van der Waals surface area contributed by atoms with Crippen LogP contribution in [0.3, 0.4) is 0 Å². The first-order chi connectivity index (χ1) is 9.79. The first-order valence-corrected chi connectivity index (χ1v) is 7.65. The fraction of sp³-hybridized carbons (Fsp3) is 0.625. The number of fused-ring (bicyclic) bond motifs is 1. The van der Waals surface area contributed by atoms with E-state index in [-0.39, 0.29) is 0 Å². The van der Waals surface area contributed by atoms with E-state index in [1.165, 1.54) is 31.4 Å². The Morgan fingerprint density at radius 2 is 2.15 bits per heavy atom. The second-order valence-corrected chi connectivity index (χ2v) is 5.75. The summed E-state index contributed by atoms with van der Waals surface area (Å²) >= 11 is 0. The fourth-order valence-electron chi connectivity index (χ4n) is 3.40. The van der Waals surface area contributed by atoms with Crippen LogP contribution in [0.25, 0.3) is 0 Å². The largest absolute Gasteiger partial charge is 0.454 e. The van der Waals surface area contributed by atoms with Crippen molar-refractivity contribution in [1.29, 1.82) is 0 Å². The lowest BCUT2D eigenvalue weighted by atomic mass is 9.95. The molecule has 0 aromatic heterocycles. The Bertz CT molecular complexity index is 462. The quantitative estimate of drug-likeness (QED) is 0.918. The SMILES string of the molecule is CC(c1ccc2c(c1)OCO2)N1CCCCC1CCN. The molecule has 1 fully saturated rings. The molecule has 2 aliphatic heterocycles. The molecular weight excluding hydrogens is 252 g/mol. The summed E-state index contributed by atoms with van der Waals surface area (Å²) in [6.45, 7) is 4.56. The zero-order chi connectivity index (χ0) is 13.9. The lowest BCUT2D eigenvalue weighted by molar-refractivity contribution is 0.0983. The Morgan fingerprint density at radius 1 is 1.30 bits per heavy atom. The molecule has 0 amide bonds. The van der Waals surface area contributed by atoms with Gasteiger partial charge in [-0.15, -0.1) is 0 Å². The number of ether oxygens (including phenoxy) is 2. The van der Waals surface area contributed by atoms with Crippen molar-refractivity contribution in [2.24, 2.45) is 5.73 Å². The van der Waals surface area contributed by atoms with Crippen LogP contribution in [0.1, 0.15) is 44.2 Å². The molecule has 0 spiro atoms. The van der Waals surface area contributed by atoms with E-state index in [0.717, 1.165) is 24.5 Å². The smallest absolute Gasteiger partial charge is 0.231 e. The molecule has 110 valence electrons. The van der Waals surface area contributed by atoms with Crippen LogP contribution in [-0.4, -0.2) is 30.8 Å². The van der Waals surface area contributed by atoms with Crippen LogP contribution in [0.15, 0.2) is 18.2 Å². The van der Waals surface area contributed by atoms with Crippen molar-refractivity contribution in [1.82, 2.24) is 4.90 Å². The molecule has 20 heavy (non-hydrogen) atoms. The number of nitrogens with zero attached hydrogens (tertiary/aromatic N) is 1. The first kappa shape index (κ1) is 13.7. The highest BCUT2D eigenvalue weighted by molar-refractivity contribution is 5.45. The average Bonchev–Trinajstić information content (AvgIpc) is 2.95. The van der Waals surface area contributed by atoms with Gasteiger partial charge < -0.3 is 15.2 Å². The lowest BCUT2D eigenvalue weighted by Gasteiger charge is -2.40. The highest BCUT2D eigenvalue weighted by Crippen LogP contribution is 2.37. The molecule has 0 saturated carbocycles. The van der Waals surface area contributed by atoms with Crippen molar-refractivity contribution < 1.29 is 9.47 Å². The van der Waals surface area contributed by atoms with E-state index in [4.69, 9.17) is 15.2 Å². The summed E-state index contributed by atoms with van der Waals surface area (Å²) in [4.78, 5) is 2.61. The maximum absolute atomic E-state index is 5.77. The third-order valence-corrected chi connectivity index (χ3v) is 4.55. The number of likely N-dealkylation sites (tertiary alicyclic amines) is 1. The van der Waals surface area contributed by atoms with Gasteiger partial charge in [0.15, 0.2) is 11.5 Å². The minimum absolute atomic E-state index is 0.340. The van der Waals surface area contributed by atoms with Gasteiger partial charge in [0, 0.05) is 12.1 Å². The molecule has 0 radical (unpaired) electrons. The summed E-state index contributed by atoms with van der Waals surface area (Å²) in [6, 6.07) is 7.33. The summed E-state index contributed by atoms with van der Waals surface area (Å²) in [5, 5.41) is 0. The molecular formula is C16H24N2O2. The number of rotatable bonds is 4. The zero-order valence-electron chi connectivity index (χ0n) is 12.2. The molecule has 1 aromatic carbocycles. The first-order valence-electron chi connectivity index (χ1n) is 7.65. The van der Waals surface area contributed by atoms with E-state index in [2.05, 4.69) is 24.0 Å². The second kappa shape index (κ2) is 6.02. The van der Waals surface area contributed by atoms with Crippen molar-refractivity contribution in [2.45, 2.75) is 44.7 Å². The minimum atomic E-state index is 0.340. The molecule has 1 aromatic rings. The molecule has 2 unspecified atom stereocenters. The van der Waals surface area contributed by atoms with E-state index in [1.807, 2.05) is 6.07 Å². The number of nitrogens with two attached hydrogens (primary N) is 1. The van der Waals surface area contributed by atoms with Crippen molar-refractivity contribution in [3.8, 4) is 11.5 Å². The molecule has 3 rings (SSSR count). The average molecular weight is 276 g/mol. The normalized spacial score (nSPS) is 23.8. The maximum Gasteiger partial charge on any atom is 0.231 e. The zero-order valence-corrected chi connectivity index (χ0v) is 12.2. The van der Waals surface area contributed by atoms with Gasteiger partial charge in [0.05, 0.1) is 0 Å². The molecule has 4 nitrogen and oxygen atoms in total. The van der Waals surface area contributed by atoms with Crippen LogP contribution in [0.2, 0.25) is 0 Å². The van der Waals surface area contributed by atoms with Crippen LogP contribution in [0, 0.1) is 0 Å². The van der Waals surface area contributed by atoms with Crippen LogP contribution in [0.4, 0.5) is 0 Å². The maximum atomic E-state index is 5.77. The van der Waals surface area contributed by atoms with Gasteiger partial charge in [-0.3, -0.25) is 4.90 Å². The molecule has 0 aliphatic carbocycles. The summed E-state index contributed by atoms with van der Waals surface area (Å²) in [7, 11) is 0. The van der Waals surface area contributed by atoms with Gasteiger partial charge in [-0.1, -0.05) is 12.5 Å². The Balaban J connectivity index is 1.78.